The summed E-state index contributed by atoms with van der Waals surface area (Å²) in [7, 11) is 2.05. The van der Waals surface area contributed by atoms with Crippen LogP contribution in [0.4, 0.5) is 0 Å². The Morgan fingerprint density at radius 3 is 2.76 bits per heavy atom. The van der Waals surface area contributed by atoms with Crippen LogP contribution in [0.1, 0.15) is 44.9 Å². The molecule has 0 aromatic carbocycles. The molecule has 17 heavy (non-hydrogen) atoms. The van der Waals surface area contributed by atoms with Gasteiger partial charge >= 0.3 is 0 Å². The quantitative estimate of drug-likeness (QED) is 0.605. The number of nitrogens with two attached hydrogens (primary N) is 1. The SMILES string of the molecule is Cn1ccnc1CCC(NN)C1(C)CCCC1. The summed E-state index contributed by atoms with van der Waals surface area (Å²) in [6.07, 6.45) is 11.2. The first-order valence-corrected chi connectivity index (χ1v) is 6.58. The highest BCUT2D eigenvalue weighted by molar-refractivity contribution is 4.96. The second-order valence-corrected chi connectivity index (χ2v) is 5.57. The van der Waals surface area contributed by atoms with E-state index in [9.17, 15) is 0 Å². The van der Waals surface area contributed by atoms with Gasteiger partial charge in [0.15, 0.2) is 0 Å². The Labute approximate surface area is 104 Å². The molecule has 1 aliphatic rings. The highest BCUT2D eigenvalue weighted by Crippen LogP contribution is 2.41. The lowest BCUT2D eigenvalue weighted by Gasteiger charge is -2.33. The Bertz CT molecular complexity index is 352. The fraction of sp³-hybridized carbons (Fsp3) is 0.769. The average molecular weight is 236 g/mol. The Morgan fingerprint density at radius 1 is 1.53 bits per heavy atom. The van der Waals surface area contributed by atoms with Gasteiger partial charge in [0.05, 0.1) is 0 Å². The van der Waals surface area contributed by atoms with Crippen LogP contribution in [0.15, 0.2) is 12.4 Å². The Morgan fingerprint density at radius 2 is 2.24 bits per heavy atom. The van der Waals surface area contributed by atoms with Gasteiger partial charge < -0.3 is 4.57 Å². The minimum atomic E-state index is 0.375. The van der Waals surface area contributed by atoms with Crippen molar-refractivity contribution in [1.82, 2.24) is 15.0 Å². The van der Waals surface area contributed by atoms with Gasteiger partial charge in [0.25, 0.3) is 0 Å². The predicted octanol–water partition coefficient (Wildman–Crippen LogP) is 1.76. The summed E-state index contributed by atoms with van der Waals surface area (Å²) in [5.41, 5.74) is 3.40. The lowest BCUT2D eigenvalue weighted by Crippen LogP contribution is -2.46. The van der Waals surface area contributed by atoms with Crippen molar-refractivity contribution in [2.45, 2.75) is 51.5 Å². The van der Waals surface area contributed by atoms with E-state index in [0.717, 1.165) is 18.7 Å². The summed E-state index contributed by atoms with van der Waals surface area (Å²) < 4.78 is 2.09. The van der Waals surface area contributed by atoms with Crippen LogP contribution in [-0.4, -0.2) is 15.6 Å². The minimum absolute atomic E-state index is 0.375. The van der Waals surface area contributed by atoms with Crippen molar-refractivity contribution in [2.24, 2.45) is 18.3 Å². The van der Waals surface area contributed by atoms with Crippen LogP contribution >= 0.6 is 0 Å². The van der Waals surface area contributed by atoms with E-state index in [2.05, 4.69) is 21.9 Å². The van der Waals surface area contributed by atoms with E-state index in [1.54, 1.807) is 0 Å². The zero-order chi connectivity index (χ0) is 12.3. The molecule has 0 saturated heterocycles. The molecule has 3 N–H and O–H groups in total. The summed E-state index contributed by atoms with van der Waals surface area (Å²) >= 11 is 0. The number of rotatable bonds is 5. The third kappa shape index (κ3) is 2.69. The van der Waals surface area contributed by atoms with Gasteiger partial charge in [-0.05, 0) is 24.7 Å². The zero-order valence-electron chi connectivity index (χ0n) is 10.9. The fourth-order valence-corrected chi connectivity index (χ4v) is 3.07. The first-order valence-electron chi connectivity index (χ1n) is 6.58. The van der Waals surface area contributed by atoms with Crippen molar-refractivity contribution in [2.75, 3.05) is 0 Å². The molecule has 1 atom stereocenters. The summed E-state index contributed by atoms with van der Waals surface area (Å²) in [6, 6.07) is 0.404. The number of nitrogens with one attached hydrogen (secondary N) is 1. The van der Waals surface area contributed by atoms with Gasteiger partial charge in [0, 0.05) is 31.9 Å². The molecule has 4 heteroatoms. The molecule has 96 valence electrons. The Kier molecular flexibility index (Phi) is 3.84. The normalized spacial score (nSPS) is 20.6. The third-order valence-electron chi connectivity index (χ3n) is 4.37. The van der Waals surface area contributed by atoms with Crippen LogP contribution in [0, 0.1) is 5.41 Å². The number of hydrazine groups is 1. The van der Waals surface area contributed by atoms with E-state index in [4.69, 9.17) is 5.84 Å². The van der Waals surface area contributed by atoms with Crippen molar-refractivity contribution < 1.29 is 0 Å². The number of hydrogen-bond acceptors (Lipinski definition) is 3. The molecular weight excluding hydrogens is 212 g/mol. The largest absolute Gasteiger partial charge is 0.338 e. The van der Waals surface area contributed by atoms with Crippen molar-refractivity contribution >= 4 is 0 Å². The van der Waals surface area contributed by atoms with Gasteiger partial charge in [-0.3, -0.25) is 11.3 Å². The number of aromatic nitrogens is 2. The second-order valence-electron chi connectivity index (χ2n) is 5.57. The van der Waals surface area contributed by atoms with E-state index in [1.807, 2.05) is 19.4 Å². The van der Waals surface area contributed by atoms with E-state index in [1.165, 1.54) is 25.7 Å². The highest BCUT2D eigenvalue weighted by atomic mass is 15.2. The molecule has 4 nitrogen and oxygen atoms in total. The summed E-state index contributed by atoms with van der Waals surface area (Å²) in [5.74, 6) is 6.88. The molecular formula is C13H24N4. The predicted molar refractivity (Wildman–Crippen MR) is 69.2 cm³/mol. The molecule has 1 aromatic heterocycles. The first kappa shape index (κ1) is 12.6. The van der Waals surface area contributed by atoms with Crippen LogP contribution in [0.2, 0.25) is 0 Å². The van der Waals surface area contributed by atoms with Crippen molar-refractivity contribution in [3.63, 3.8) is 0 Å². The van der Waals surface area contributed by atoms with Gasteiger partial charge in [-0.2, -0.15) is 0 Å². The van der Waals surface area contributed by atoms with Crippen molar-refractivity contribution in [3.8, 4) is 0 Å². The number of nitrogens with zero attached hydrogens (tertiary/aromatic N) is 2. The molecule has 1 fully saturated rings. The van der Waals surface area contributed by atoms with Crippen LogP contribution in [0.5, 0.6) is 0 Å². The maximum atomic E-state index is 5.74. The molecule has 1 aliphatic carbocycles. The average Bonchev–Trinajstić information content (AvgIpc) is 2.90. The number of hydrogen-bond donors (Lipinski definition) is 2. The van der Waals surface area contributed by atoms with Crippen LogP contribution < -0.4 is 11.3 Å². The molecule has 1 saturated carbocycles. The van der Waals surface area contributed by atoms with E-state index >= 15 is 0 Å². The lowest BCUT2D eigenvalue weighted by atomic mass is 9.79. The monoisotopic (exact) mass is 236 g/mol. The Hall–Kier alpha value is -0.870. The molecule has 2 rings (SSSR count). The zero-order valence-corrected chi connectivity index (χ0v) is 10.9. The first-order chi connectivity index (χ1) is 8.15. The molecule has 1 heterocycles. The Balaban J connectivity index is 1.94. The van der Waals surface area contributed by atoms with Gasteiger partial charge in [-0.1, -0.05) is 19.8 Å². The van der Waals surface area contributed by atoms with Gasteiger partial charge in [-0.15, -0.1) is 0 Å². The minimum Gasteiger partial charge on any atom is -0.338 e. The van der Waals surface area contributed by atoms with E-state index in [-0.39, 0.29) is 0 Å². The summed E-state index contributed by atoms with van der Waals surface area (Å²) in [4.78, 5) is 4.37. The molecule has 0 amide bonds. The third-order valence-corrected chi connectivity index (χ3v) is 4.37. The smallest absolute Gasteiger partial charge is 0.108 e. The van der Waals surface area contributed by atoms with E-state index in [0.29, 0.717) is 11.5 Å². The maximum absolute atomic E-state index is 5.74. The number of aryl methyl sites for hydroxylation is 2. The fourth-order valence-electron chi connectivity index (χ4n) is 3.07. The number of imidazole rings is 1. The molecule has 0 bridgehead atoms. The lowest BCUT2D eigenvalue weighted by molar-refractivity contribution is 0.210. The van der Waals surface area contributed by atoms with Crippen molar-refractivity contribution in [1.29, 1.82) is 0 Å². The topological polar surface area (TPSA) is 55.9 Å². The molecule has 0 spiro atoms. The van der Waals surface area contributed by atoms with Gasteiger partial charge in [-0.25, -0.2) is 4.98 Å². The van der Waals surface area contributed by atoms with Crippen LogP contribution in [-0.2, 0) is 13.5 Å². The standard InChI is InChI=1S/C13H24N4/c1-13(7-3-4-8-13)11(16-14)5-6-12-15-9-10-17(12)2/h9-11,16H,3-8,14H2,1-2H3. The van der Waals surface area contributed by atoms with Gasteiger partial charge in [0.2, 0.25) is 0 Å². The summed E-state index contributed by atoms with van der Waals surface area (Å²) in [5, 5.41) is 0. The molecule has 1 unspecified atom stereocenters. The van der Waals surface area contributed by atoms with Gasteiger partial charge in [0.1, 0.15) is 5.82 Å². The maximum Gasteiger partial charge on any atom is 0.108 e. The molecule has 1 aromatic rings. The van der Waals surface area contributed by atoms with Crippen LogP contribution in [0.3, 0.4) is 0 Å². The summed E-state index contributed by atoms with van der Waals surface area (Å²) in [6.45, 7) is 2.36. The van der Waals surface area contributed by atoms with E-state index < -0.39 is 0 Å². The second kappa shape index (κ2) is 5.19. The molecule has 0 aliphatic heterocycles. The van der Waals surface area contributed by atoms with Crippen molar-refractivity contribution in [3.05, 3.63) is 18.2 Å². The van der Waals surface area contributed by atoms with Crippen LogP contribution in [0.25, 0.3) is 0 Å². The highest BCUT2D eigenvalue weighted by Gasteiger charge is 2.36. The molecule has 0 radical (unpaired) electrons.